The van der Waals surface area contributed by atoms with Gasteiger partial charge in [-0.3, -0.25) is 0 Å². The minimum Gasteiger partial charge on any atom is -0.506 e. The maximum Gasteiger partial charge on any atom is 0.140 e. The molecule has 3 aromatic rings. The van der Waals surface area contributed by atoms with E-state index in [1.165, 1.54) is 0 Å². The number of rotatable bonds is 0. The van der Waals surface area contributed by atoms with Gasteiger partial charge in [-0.2, -0.15) is 0 Å². The average Bonchev–Trinajstić information content (AvgIpc) is 2.70. The van der Waals surface area contributed by atoms with Crippen LogP contribution in [0.15, 0.2) is 30.6 Å². The zero-order chi connectivity index (χ0) is 8.84. The van der Waals surface area contributed by atoms with Gasteiger partial charge in [0.15, 0.2) is 0 Å². The molecule has 0 fully saturated rings. The Hall–Kier alpha value is -1.90. The molecule has 3 rings (SSSR count). The van der Waals surface area contributed by atoms with Crippen LogP contribution in [0.1, 0.15) is 0 Å². The second-order valence-electron chi connectivity index (χ2n) is 3.14. The van der Waals surface area contributed by atoms with E-state index in [1.807, 2.05) is 24.4 Å². The molecule has 0 aliphatic rings. The highest BCUT2D eigenvalue weighted by Gasteiger charge is 2.03. The highest BCUT2D eigenvalue weighted by atomic mass is 16.3. The number of aromatic hydroxyl groups is 1. The third kappa shape index (κ3) is 0.783. The highest BCUT2D eigenvalue weighted by Crippen LogP contribution is 2.27. The van der Waals surface area contributed by atoms with Crippen molar-refractivity contribution in [2.75, 3.05) is 0 Å². The fraction of sp³-hybridized carbons (Fsp3) is 0. The summed E-state index contributed by atoms with van der Waals surface area (Å²) in [5, 5.41) is 11.4. The van der Waals surface area contributed by atoms with Crippen LogP contribution in [-0.4, -0.2) is 15.1 Å². The topological polar surface area (TPSA) is 51.8 Å². The first-order valence-electron chi connectivity index (χ1n) is 4.12. The zero-order valence-corrected chi connectivity index (χ0v) is 6.83. The van der Waals surface area contributed by atoms with E-state index in [4.69, 9.17) is 0 Å². The molecule has 3 nitrogen and oxygen atoms in total. The van der Waals surface area contributed by atoms with E-state index in [9.17, 15) is 5.11 Å². The molecule has 0 amide bonds. The molecule has 0 radical (unpaired) electrons. The predicted octanol–water partition coefficient (Wildman–Crippen LogP) is 2.35. The van der Waals surface area contributed by atoms with E-state index in [-0.39, 0.29) is 0 Å². The molecule has 0 atom stereocenters. The summed E-state index contributed by atoms with van der Waals surface area (Å²) in [7, 11) is 0. The lowest BCUT2D eigenvalue weighted by atomic mass is 10.2. The Balaban J connectivity index is 2.59. The number of benzene rings is 1. The van der Waals surface area contributed by atoms with Crippen LogP contribution >= 0.6 is 0 Å². The van der Waals surface area contributed by atoms with Gasteiger partial charge in [0.1, 0.15) is 5.75 Å². The average molecular weight is 172 g/mol. The normalized spacial score (nSPS) is 11.4. The van der Waals surface area contributed by atoms with Crippen molar-refractivity contribution in [1.82, 2.24) is 9.97 Å². The molecule has 0 saturated carbocycles. The molecule has 13 heavy (non-hydrogen) atoms. The van der Waals surface area contributed by atoms with Crippen molar-refractivity contribution in [3.63, 3.8) is 0 Å². The second kappa shape index (κ2) is 2.07. The molecule has 1 aromatic carbocycles. The van der Waals surface area contributed by atoms with E-state index in [2.05, 4.69) is 9.97 Å². The van der Waals surface area contributed by atoms with Gasteiger partial charge in [0.05, 0.1) is 5.52 Å². The van der Waals surface area contributed by atoms with Crippen LogP contribution in [0.25, 0.3) is 21.8 Å². The third-order valence-corrected chi connectivity index (χ3v) is 2.33. The molecule has 0 aliphatic carbocycles. The second-order valence-corrected chi connectivity index (χ2v) is 3.14. The summed E-state index contributed by atoms with van der Waals surface area (Å²) >= 11 is 0. The summed E-state index contributed by atoms with van der Waals surface area (Å²) in [4.78, 5) is 6.12. The standard InChI is InChI=1S/C10H8N2O/c13-10-5-12-9-4-8-6(1-2-11-8)3-7(9)10/h1-5,11-13H. The van der Waals surface area contributed by atoms with Crippen LogP contribution in [0.4, 0.5) is 0 Å². The number of nitrogens with one attached hydrogen (secondary N) is 2. The fourth-order valence-electron chi connectivity index (χ4n) is 1.66. The van der Waals surface area contributed by atoms with Gasteiger partial charge in [-0.25, -0.2) is 0 Å². The number of hydrogen-bond acceptors (Lipinski definition) is 1. The molecule has 64 valence electrons. The summed E-state index contributed by atoms with van der Waals surface area (Å²) < 4.78 is 0. The monoisotopic (exact) mass is 172 g/mol. The van der Waals surface area contributed by atoms with Crippen LogP contribution in [-0.2, 0) is 0 Å². The van der Waals surface area contributed by atoms with Crippen LogP contribution < -0.4 is 0 Å². The number of fused-ring (bicyclic) bond motifs is 2. The van der Waals surface area contributed by atoms with Crippen molar-refractivity contribution in [2.24, 2.45) is 0 Å². The molecular weight excluding hydrogens is 164 g/mol. The van der Waals surface area contributed by atoms with E-state index in [0.29, 0.717) is 5.75 Å². The number of H-pyrrole nitrogens is 2. The van der Waals surface area contributed by atoms with Crippen molar-refractivity contribution < 1.29 is 5.11 Å². The Morgan fingerprint density at radius 3 is 2.92 bits per heavy atom. The van der Waals surface area contributed by atoms with Gasteiger partial charge in [0.2, 0.25) is 0 Å². The molecular formula is C10H8N2O. The van der Waals surface area contributed by atoms with Gasteiger partial charge in [0, 0.05) is 28.7 Å². The maximum absolute atomic E-state index is 9.47. The fourth-order valence-corrected chi connectivity index (χ4v) is 1.66. The first kappa shape index (κ1) is 6.60. The van der Waals surface area contributed by atoms with Gasteiger partial charge in [-0.05, 0) is 18.2 Å². The zero-order valence-electron chi connectivity index (χ0n) is 6.83. The van der Waals surface area contributed by atoms with Gasteiger partial charge >= 0.3 is 0 Å². The summed E-state index contributed by atoms with van der Waals surface area (Å²) in [6.45, 7) is 0. The highest BCUT2D eigenvalue weighted by molar-refractivity contribution is 5.98. The van der Waals surface area contributed by atoms with Gasteiger partial charge in [-0.1, -0.05) is 0 Å². The third-order valence-electron chi connectivity index (χ3n) is 2.33. The smallest absolute Gasteiger partial charge is 0.140 e. The van der Waals surface area contributed by atoms with E-state index >= 15 is 0 Å². The molecule has 0 unspecified atom stereocenters. The van der Waals surface area contributed by atoms with Crippen LogP contribution in [0.5, 0.6) is 5.75 Å². The van der Waals surface area contributed by atoms with E-state index in [0.717, 1.165) is 21.8 Å². The lowest BCUT2D eigenvalue weighted by molar-refractivity contribution is 0.481. The van der Waals surface area contributed by atoms with E-state index in [1.54, 1.807) is 6.20 Å². The Labute approximate surface area is 74.0 Å². The lowest BCUT2D eigenvalue weighted by Gasteiger charge is -1.92. The van der Waals surface area contributed by atoms with Gasteiger partial charge < -0.3 is 15.1 Å². The minimum atomic E-state index is 0.304. The molecule has 0 saturated heterocycles. The van der Waals surface area contributed by atoms with Crippen molar-refractivity contribution in [1.29, 1.82) is 0 Å². The van der Waals surface area contributed by atoms with Crippen molar-refractivity contribution >= 4 is 21.8 Å². The SMILES string of the molecule is Oc1c[nH]c2cc3[nH]ccc3cc12. The number of aromatic amines is 2. The Morgan fingerprint density at radius 1 is 1.08 bits per heavy atom. The molecule has 0 aliphatic heterocycles. The Bertz CT molecular complexity index is 577. The summed E-state index contributed by atoms with van der Waals surface area (Å²) in [5.41, 5.74) is 2.03. The van der Waals surface area contributed by atoms with Crippen molar-refractivity contribution in [3.05, 3.63) is 30.6 Å². The van der Waals surface area contributed by atoms with Crippen LogP contribution in [0.2, 0.25) is 0 Å². The quantitative estimate of drug-likeness (QED) is 0.479. The first-order valence-corrected chi connectivity index (χ1v) is 4.12. The minimum absolute atomic E-state index is 0.304. The summed E-state index contributed by atoms with van der Waals surface area (Å²) in [5.74, 6) is 0.304. The van der Waals surface area contributed by atoms with Crippen molar-refractivity contribution in [3.8, 4) is 5.75 Å². The summed E-state index contributed by atoms with van der Waals surface area (Å²) in [6.07, 6.45) is 3.49. The number of aromatic nitrogens is 2. The molecule has 0 bridgehead atoms. The maximum atomic E-state index is 9.47. The Kier molecular flexibility index (Phi) is 1.05. The largest absolute Gasteiger partial charge is 0.506 e. The van der Waals surface area contributed by atoms with Crippen LogP contribution in [0.3, 0.4) is 0 Å². The predicted molar refractivity (Wildman–Crippen MR) is 51.8 cm³/mol. The molecule has 0 spiro atoms. The Morgan fingerprint density at radius 2 is 2.00 bits per heavy atom. The molecule has 3 N–H and O–H groups in total. The molecule has 3 heteroatoms. The van der Waals surface area contributed by atoms with Crippen LogP contribution in [0, 0.1) is 0 Å². The van der Waals surface area contributed by atoms with Crippen molar-refractivity contribution in [2.45, 2.75) is 0 Å². The molecule has 2 aromatic heterocycles. The first-order chi connectivity index (χ1) is 6.34. The van der Waals surface area contributed by atoms with Gasteiger partial charge in [0.25, 0.3) is 0 Å². The van der Waals surface area contributed by atoms with E-state index < -0.39 is 0 Å². The van der Waals surface area contributed by atoms with Gasteiger partial charge in [-0.15, -0.1) is 0 Å². The number of hydrogen-bond donors (Lipinski definition) is 3. The lowest BCUT2D eigenvalue weighted by Crippen LogP contribution is -1.69. The summed E-state index contributed by atoms with van der Waals surface area (Å²) in [6, 6.07) is 5.94. The molecule has 2 heterocycles.